The summed E-state index contributed by atoms with van der Waals surface area (Å²) in [5, 5.41) is 12.7. The molecule has 2 heteroatoms. The molecule has 2 N–H and O–H groups in total. The highest BCUT2D eigenvalue weighted by Gasteiger charge is 2.06. The first-order valence-electron chi connectivity index (χ1n) is 9.02. The molecule has 3 rings (SSSR count). The molecule has 0 aliphatic carbocycles. The lowest BCUT2D eigenvalue weighted by atomic mass is 9.97. The maximum atomic E-state index is 9.16. The van der Waals surface area contributed by atoms with Crippen LogP contribution in [0.1, 0.15) is 35.2 Å². The Hall–Kier alpha value is -2.68. The SMILES string of the molecule is C[C@@H](NCC=C(c1ccccc1)c1ccccc1)c1ccc(CO)cc1. The predicted molar refractivity (Wildman–Crippen MR) is 109 cm³/mol. The van der Waals surface area contributed by atoms with Crippen LogP contribution in [0, 0.1) is 0 Å². The first-order valence-corrected chi connectivity index (χ1v) is 9.02. The molecular formula is C24H25NO. The van der Waals surface area contributed by atoms with Crippen molar-refractivity contribution in [1.29, 1.82) is 0 Å². The summed E-state index contributed by atoms with van der Waals surface area (Å²) < 4.78 is 0. The monoisotopic (exact) mass is 343 g/mol. The van der Waals surface area contributed by atoms with Gasteiger partial charge in [-0.05, 0) is 34.8 Å². The van der Waals surface area contributed by atoms with E-state index in [1.807, 2.05) is 24.3 Å². The average molecular weight is 343 g/mol. The Kier molecular flexibility index (Phi) is 6.37. The van der Waals surface area contributed by atoms with Gasteiger partial charge in [0.05, 0.1) is 6.61 Å². The number of rotatable bonds is 7. The molecule has 1 atom stereocenters. The summed E-state index contributed by atoms with van der Waals surface area (Å²) in [4.78, 5) is 0. The average Bonchev–Trinajstić information content (AvgIpc) is 2.72. The third-order valence-electron chi connectivity index (χ3n) is 4.56. The van der Waals surface area contributed by atoms with Gasteiger partial charge < -0.3 is 10.4 Å². The number of aliphatic hydroxyl groups is 1. The summed E-state index contributed by atoms with van der Waals surface area (Å²) in [6.45, 7) is 3.02. The van der Waals surface area contributed by atoms with Crippen molar-refractivity contribution in [2.45, 2.75) is 19.6 Å². The lowest BCUT2D eigenvalue weighted by Crippen LogP contribution is -2.18. The van der Waals surface area contributed by atoms with Crippen molar-refractivity contribution in [3.63, 3.8) is 0 Å². The number of benzene rings is 3. The molecule has 0 spiro atoms. The highest BCUT2D eigenvalue weighted by Crippen LogP contribution is 2.23. The summed E-state index contributed by atoms with van der Waals surface area (Å²) in [6, 6.07) is 29.3. The minimum Gasteiger partial charge on any atom is -0.392 e. The highest BCUT2D eigenvalue weighted by atomic mass is 16.3. The van der Waals surface area contributed by atoms with E-state index in [1.165, 1.54) is 22.3 Å². The fourth-order valence-electron chi connectivity index (χ4n) is 3.01. The van der Waals surface area contributed by atoms with E-state index in [-0.39, 0.29) is 12.6 Å². The van der Waals surface area contributed by atoms with Gasteiger partial charge >= 0.3 is 0 Å². The Morgan fingerprint density at radius 1 is 0.846 bits per heavy atom. The molecule has 3 aromatic rings. The van der Waals surface area contributed by atoms with Crippen LogP contribution in [0.5, 0.6) is 0 Å². The molecule has 132 valence electrons. The van der Waals surface area contributed by atoms with Crippen molar-refractivity contribution >= 4 is 5.57 Å². The van der Waals surface area contributed by atoms with E-state index >= 15 is 0 Å². The number of hydrogen-bond donors (Lipinski definition) is 2. The molecule has 0 saturated carbocycles. The van der Waals surface area contributed by atoms with Crippen molar-refractivity contribution in [1.82, 2.24) is 5.32 Å². The van der Waals surface area contributed by atoms with Gasteiger partial charge in [-0.2, -0.15) is 0 Å². The van der Waals surface area contributed by atoms with Crippen LogP contribution in [-0.4, -0.2) is 11.7 Å². The van der Waals surface area contributed by atoms with E-state index in [0.29, 0.717) is 0 Å². The number of nitrogens with one attached hydrogen (secondary N) is 1. The van der Waals surface area contributed by atoms with Gasteiger partial charge in [0.2, 0.25) is 0 Å². The summed E-state index contributed by atoms with van der Waals surface area (Å²) in [5.74, 6) is 0. The number of hydrogen-bond acceptors (Lipinski definition) is 2. The van der Waals surface area contributed by atoms with Gasteiger partial charge in [-0.1, -0.05) is 91.0 Å². The fourth-order valence-corrected chi connectivity index (χ4v) is 3.01. The Labute approximate surface area is 155 Å². The van der Waals surface area contributed by atoms with Crippen LogP contribution in [0.25, 0.3) is 5.57 Å². The van der Waals surface area contributed by atoms with Crippen LogP contribution >= 0.6 is 0 Å². The normalized spacial score (nSPS) is 11.8. The van der Waals surface area contributed by atoms with Gasteiger partial charge in [-0.3, -0.25) is 0 Å². The van der Waals surface area contributed by atoms with Crippen molar-refractivity contribution < 1.29 is 5.11 Å². The molecular weight excluding hydrogens is 318 g/mol. The lowest BCUT2D eigenvalue weighted by molar-refractivity contribution is 0.282. The molecule has 3 aromatic carbocycles. The molecule has 0 unspecified atom stereocenters. The largest absolute Gasteiger partial charge is 0.392 e. The smallest absolute Gasteiger partial charge is 0.0681 e. The van der Waals surface area contributed by atoms with Crippen LogP contribution in [-0.2, 0) is 6.61 Å². The topological polar surface area (TPSA) is 32.3 Å². The maximum absolute atomic E-state index is 9.16. The molecule has 2 nitrogen and oxygen atoms in total. The molecule has 0 radical (unpaired) electrons. The van der Waals surface area contributed by atoms with Gasteiger partial charge in [-0.15, -0.1) is 0 Å². The standard InChI is InChI=1S/C24H25NO/c1-19(21-14-12-20(18-26)13-15-21)25-17-16-24(22-8-4-2-5-9-22)23-10-6-3-7-11-23/h2-16,19,25-26H,17-18H2,1H3/t19-/m1/s1. The quantitative estimate of drug-likeness (QED) is 0.635. The third-order valence-corrected chi connectivity index (χ3v) is 4.56. The first kappa shape index (κ1) is 18.1. The van der Waals surface area contributed by atoms with Gasteiger partial charge in [0.25, 0.3) is 0 Å². The van der Waals surface area contributed by atoms with E-state index in [4.69, 9.17) is 5.11 Å². The number of aliphatic hydroxyl groups excluding tert-OH is 1. The molecule has 0 fully saturated rings. The molecule has 0 heterocycles. The zero-order chi connectivity index (χ0) is 18.2. The molecule has 0 aromatic heterocycles. The Morgan fingerprint density at radius 3 is 1.88 bits per heavy atom. The molecule has 26 heavy (non-hydrogen) atoms. The van der Waals surface area contributed by atoms with Crippen LogP contribution in [0.15, 0.2) is 91.0 Å². The Balaban J connectivity index is 1.74. The van der Waals surface area contributed by atoms with E-state index in [0.717, 1.165) is 12.1 Å². The van der Waals surface area contributed by atoms with Crippen molar-refractivity contribution in [2.24, 2.45) is 0 Å². The zero-order valence-corrected chi connectivity index (χ0v) is 15.1. The van der Waals surface area contributed by atoms with E-state index in [9.17, 15) is 0 Å². The summed E-state index contributed by atoms with van der Waals surface area (Å²) in [5.41, 5.74) is 5.84. The van der Waals surface area contributed by atoms with E-state index in [1.54, 1.807) is 0 Å². The second-order valence-electron chi connectivity index (χ2n) is 6.38. The van der Waals surface area contributed by atoms with E-state index in [2.05, 4.69) is 79.0 Å². The van der Waals surface area contributed by atoms with Gasteiger partial charge in [0.15, 0.2) is 0 Å². The summed E-state index contributed by atoms with van der Waals surface area (Å²) in [6.07, 6.45) is 2.25. The van der Waals surface area contributed by atoms with E-state index < -0.39 is 0 Å². The zero-order valence-electron chi connectivity index (χ0n) is 15.1. The van der Waals surface area contributed by atoms with Crippen molar-refractivity contribution in [2.75, 3.05) is 6.54 Å². The summed E-state index contributed by atoms with van der Waals surface area (Å²) in [7, 11) is 0. The molecule has 0 amide bonds. The lowest BCUT2D eigenvalue weighted by Gasteiger charge is -2.15. The van der Waals surface area contributed by atoms with Crippen molar-refractivity contribution in [3.05, 3.63) is 113 Å². The van der Waals surface area contributed by atoms with Gasteiger partial charge in [-0.25, -0.2) is 0 Å². The Morgan fingerprint density at radius 2 is 1.38 bits per heavy atom. The maximum Gasteiger partial charge on any atom is 0.0681 e. The second-order valence-corrected chi connectivity index (χ2v) is 6.38. The minimum absolute atomic E-state index is 0.0857. The molecule has 0 bridgehead atoms. The van der Waals surface area contributed by atoms with Crippen LogP contribution in [0.3, 0.4) is 0 Å². The predicted octanol–water partition coefficient (Wildman–Crippen LogP) is 4.96. The minimum atomic E-state index is 0.0857. The molecule has 0 aliphatic heterocycles. The Bertz CT molecular complexity index is 782. The fraction of sp³-hybridized carbons (Fsp3) is 0.167. The van der Waals surface area contributed by atoms with Gasteiger partial charge in [0, 0.05) is 12.6 Å². The third kappa shape index (κ3) is 4.69. The molecule has 0 aliphatic rings. The molecule has 0 saturated heterocycles. The van der Waals surface area contributed by atoms with Crippen LogP contribution < -0.4 is 5.32 Å². The van der Waals surface area contributed by atoms with Crippen LogP contribution in [0.4, 0.5) is 0 Å². The first-order chi connectivity index (χ1) is 12.8. The van der Waals surface area contributed by atoms with Crippen molar-refractivity contribution in [3.8, 4) is 0 Å². The summed E-state index contributed by atoms with van der Waals surface area (Å²) >= 11 is 0. The second kappa shape index (κ2) is 9.14. The van der Waals surface area contributed by atoms with Crippen LogP contribution in [0.2, 0.25) is 0 Å². The highest BCUT2D eigenvalue weighted by molar-refractivity contribution is 5.79. The van der Waals surface area contributed by atoms with Gasteiger partial charge in [0.1, 0.15) is 0 Å².